The molecule has 1 aliphatic rings. The Morgan fingerprint density at radius 2 is 1.65 bits per heavy atom. The molecule has 7 heteroatoms. The lowest BCUT2D eigenvalue weighted by Gasteiger charge is -2.36. The van der Waals surface area contributed by atoms with E-state index in [4.69, 9.17) is 16.6 Å². The van der Waals surface area contributed by atoms with Crippen molar-refractivity contribution in [1.29, 1.82) is 0 Å². The first-order valence-electron chi connectivity index (χ1n) is 10.4. The molecular formula is C24H26ClN5O. The minimum absolute atomic E-state index is 0.0720. The zero-order valence-corrected chi connectivity index (χ0v) is 18.6. The Balaban J connectivity index is 1.49. The Labute approximate surface area is 187 Å². The normalized spacial score (nSPS) is 13.9. The first-order chi connectivity index (χ1) is 15.0. The smallest absolute Gasteiger partial charge is 0.321 e. The van der Waals surface area contributed by atoms with Gasteiger partial charge >= 0.3 is 6.03 Å². The lowest BCUT2D eigenvalue weighted by molar-refractivity contribution is 0.208. The molecule has 0 aliphatic carbocycles. The van der Waals surface area contributed by atoms with Gasteiger partial charge in [-0.25, -0.2) is 14.8 Å². The molecule has 31 heavy (non-hydrogen) atoms. The van der Waals surface area contributed by atoms with Gasteiger partial charge in [-0.3, -0.25) is 0 Å². The summed E-state index contributed by atoms with van der Waals surface area (Å²) in [6.07, 6.45) is 0.676. The summed E-state index contributed by atoms with van der Waals surface area (Å²) in [5.41, 5.74) is 3.91. The fourth-order valence-corrected chi connectivity index (χ4v) is 4.07. The summed E-state index contributed by atoms with van der Waals surface area (Å²) >= 11 is 6.41. The van der Waals surface area contributed by atoms with Gasteiger partial charge in [-0.05, 0) is 37.6 Å². The number of aryl methyl sites for hydroxylation is 2. The van der Waals surface area contributed by atoms with Crippen LogP contribution in [0.5, 0.6) is 0 Å². The molecular weight excluding hydrogens is 410 g/mol. The largest absolute Gasteiger partial charge is 0.353 e. The maximum absolute atomic E-state index is 12.6. The number of benzene rings is 2. The van der Waals surface area contributed by atoms with E-state index in [9.17, 15) is 4.79 Å². The maximum Gasteiger partial charge on any atom is 0.321 e. The molecule has 1 aromatic heterocycles. The van der Waals surface area contributed by atoms with Crippen LogP contribution in [0.3, 0.4) is 0 Å². The topological polar surface area (TPSA) is 61.4 Å². The van der Waals surface area contributed by atoms with Gasteiger partial charge in [0.05, 0.1) is 0 Å². The number of halogens is 1. The van der Waals surface area contributed by atoms with Gasteiger partial charge in [0.25, 0.3) is 0 Å². The van der Waals surface area contributed by atoms with Crippen LogP contribution in [0.15, 0.2) is 54.6 Å². The van der Waals surface area contributed by atoms with E-state index in [2.05, 4.69) is 15.2 Å². The molecule has 2 amide bonds. The molecule has 0 unspecified atom stereocenters. The highest BCUT2D eigenvalue weighted by Gasteiger charge is 2.25. The Morgan fingerprint density at radius 3 is 2.35 bits per heavy atom. The van der Waals surface area contributed by atoms with E-state index in [0.717, 1.165) is 39.2 Å². The fourth-order valence-electron chi connectivity index (χ4n) is 3.86. The van der Waals surface area contributed by atoms with Crippen molar-refractivity contribution in [3.05, 3.63) is 82.3 Å². The highest BCUT2D eigenvalue weighted by molar-refractivity contribution is 6.31. The number of nitrogens with zero attached hydrogens (tertiary/aromatic N) is 4. The first kappa shape index (κ1) is 21.1. The number of nitrogens with one attached hydrogen (secondary N) is 1. The monoisotopic (exact) mass is 435 g/mol. The minimum Gasteiger partial charge on any atom is -0.353 e. The summed E-state index contributed by atoms with van der Waals surface area (Å²) < 4.78 is 0. The number of hydrogen-bond donors (Lipinski definition) is 1. The number of anilines is 2. The maximum atomic E-state index is 12.6. The van der Waals surface area contributed by atoms with Crippen LogP contribution in [0.1, 0.15) is 22.6 Å². The van der Waals surface area contributed by atoms with Crippen molar-refractivity contribution in [2.75, 3.05) is 36.4 Å². The molecule has 0 spiro atoms. The predicted molar refractivity (Wildman–Crippen MR) is 125 cm³/mol. The molecule has 6 nitrogen and oxygen atoms in total. The van der Waals surface area contributed by atoms with Gasteiger partial charge in [-0.1, -0.05) is 48.0 Å². The summed E-state index contributed by atoms with van der Waals surface area (Å²) in [4.78, 5) is 26.1. The average molecular weight is 436 g/mol. The summed E-state index contributed by atoms with van der Waals surface area (Å²) in [5.74, 6) is 1.69. The molecule has 3 aromatic rings. The fraction of sp³-hybridized carbons (Fsp3) is 0.292. The van der Waals surface area contributed by atoms with Gasteiger partial charge in [0, 0.05) is 54.6 Å². The van der Waals surface area contributed by atoms with Gasteiger partial charge in [-0.15, -0.1) is 0 Å². The molecule has 2 heterocycles. The number of carbonyl (C=O) groups is 1. The molecule has 1 N–H and O–H groups in total. The zero-order valence-electron chi connectivity index (χ0n) is 17.8. The molecule has 0 atom stereocenters. The van der Waals surface area contributed by atoms with Gasteiger partial charge in [0.2, 0.25) is 0 Å². The van der Waals surface area contributed by atoms with Crippen molar-refractivity contribution < 1.29 is 4.79 Å². The summed E-state index contributed by atoms with van der Waals surface area (Å²) in [5, 5.41) is 3.71. The molecule has 160 valence electrons. The third kappa shape index (κ3) is 4.97. The van der Waals surface area contributed by atoms with Crippen LogP contribution >= 0.6 is 11.6 Å². The predicted octanol–water partition coefficient (Wildman–Crippen LogP) is 4.69. The van der Waals surface area contributed by atoms with Crippen LogP contribution in [0.2, 0.25) is 5.02 Å². The van der Waals surface area contributed by atoms with E-state index in [0.29, 0.717) is 32.6 Å². The molecule has 0 radical (unpaired) electrons. The Hall–Kier alpha value is -3.12. The summed E-state index contributed by atoms with van der Waals surface area (Å²) in [6, 6.07) is 17.3. The lowest BCUT2D eigenvalue weighted by atomic mass is 10.0. The number of para-hydroxylation sites is 1. The van der Waals surface area contributed by atoms with Gasteiger partial charge in [-0.2, -0.15) is 0 Å². The SMILES string of the molecule is Cc1nc(C)c(Cc2ccccc2Cl)c(N2CCN(C(=O)Nc3ccccc3)CC2)n1. The Bertz CT molecular complexity index is 1060. The molecule has 0 saturated carbocycles. The molecule has 2 aromatic carbocycles. The second-order valence-corrected chi connectivity index (χ2v) is 8.10. The number of amides is 2. The Morgan fingerprint density at radius 1 is 0.968 bits per heavy atom. The first-order valence-corrected chi connectivity index (χ1v) is 10.8. The van der Waals surface area contributed by atoms with E-state index in [1.807, 2.05) is 73.3 Å². The number of aromatic nitrogens is 2. The van der Waals surface area contributed by atoms with Crippen LogP contribution in [0.4, 0.5) is 16.3 Å². The van der Waals surface area contributed by atoms with Crippen molar-refractivity contribution in [2.45, 2.75) is 20.3 Å². The van der Waals surface area contributed by atoms with Gasteiger partial charge < -0.3 is 15.1 Å². The van der Waals surface area contributed by atoms with Gasteiger partial charge in [0.15, 0.2) is 0 Å². The van der Waals surface area contributed by atoms with E-state index >= 15 is 0 Å². The van der Waals surface area contributed by atoms with Crippen molar-refractivity contribution in [2.24, 2.45) is 0 Å². The van der Waals surface area contributed by atoms with E-state index in [-0.39, 0.29) is 6.03 Å². The quantitative estimate of drug-likeness (QED) is 0.645. The zero-order chi connectivity index (χ0) is 21.8. The summed E-state index contributed by atoms with van der Waals surface area (Å²) in [7, 11) is 0. The average Bonchev–Trinajstić information content (AvgIpc) is 2.77. The second kappa shape index (κ2) is 9.35. The van der Waals surface area contributed by atoms with E-state index in [1.54, 1.807) is 0 Å². The molecule has 0 bridgehead atoms. The standard InChI is InChI=1S/C24H26ClN5O/c1-17-21(16-19-8-6-7-11-22(19)25)23(27-18(2)26-17)29-12-14-30(15-13-29)24(31)28-20-9-4-3-5-10-20/h3-11H,12-16H2,1-2H3,(H,28,31). The minimum atomic E-state index is -0.0720. The highest BCUT2D eigenvalue weighted by Crippen LogP contribution is 2.27. The number of piperazine rings is 1. The molecule has 1 saturated heterocycles. The van der Waals surface area contributed by atoms with Crippen LogP contribution in [-0.2, 0) is 6.42 Å². The number of carbonyl (C=O) groups excluding carboxylic acids is 1. The van der Waals surface area contributed by atoms with Crippen LogP contribution < -0.4 is 10.2 Å². The third-order valence-corrected chi connectivity index (χ3v) is 5.89. The van der Waals surface area contributed by atoms with E-state index in [1.165, 1.54) is 0 Å². The van der Waals surface area contributed by atoms with Crippen molar-refractivity contribution in [3.8, 4) is 0 Å². The van der Waals surface area contributed by atoms with Gasteiger partial charge in [0.1, 0.15) is 11.6 Å². The highest BCUT2D eigenvalue weighted by atomic mass is 35.5. The number of rotatable bonds is 4. The summed E-state index contributed by atoms with van der Waals surface area (Å²) in [6.45, 7) is 6.63. The second-order valence-electron chi connectivity index (χ2n) is 7.70. The van der Waals surface area contributed by atoms with Crippen LogP contribution in [0, 0.1) is 13.8 Å². The third-order valence-electron chi connectivity index (χ3n) is 5.52. The van der Waals surface area contributed by atoms with Crippen LogP contribution in [-0.4, -0.2) is 47.1 Å². The molecule has 1 fully saturated rings. The molecule has 1 aliphatic heterocycles. The lowest BCUT2D eigenvalue weighted by Crippen LogP contribution is -2.50. The number of hydrogen-bond acceptors (Lipinski definition) is 4. The van der Waals surface area contributed by atoms with Crippen molar-refractivity contribution >= 4 is 29.1 Å². The van der Waals surface area contributed by atoms with Crippen molar-refractivity contribution in [1.82, 2.24) is 14.9 Å². The number of urea groups is 1. The van der Waals surface area contributed by atoms with Crippen molar-refractivity contribution in [3.63, 3.8) is 0 Å². The Kier molecular flexibility index (Phi) is 6.37. The molecule has 4 rings (SSSR count). The van der Waals surface area contributed by atoms with E-state index < -0.39 is 0 Å². The van der Waals surface area contributed by atoms with Crippen LogP contribution in [0.25, 0.3) is 0 Å².